The van der Waals surface area contributed by atoms with Crippen LogP contribution in [0.3, 0.4) is 0 Å². The number of ketones is 1. The van der Waals surface area contributed by atoms with Crippen molar-refractivity contribution in [2.75, 3.05) is 5.32 Å². The van der Waals surface area contributed by atoms with Crippen LogP contribution in [0.5, 0.6) is 0 Å². The molecule has 122 valence electrons. The third-order valence-corrected chi connectivity index (χ3v) is 4.86. The fourth-order valence-corrected chi connectivity index (χ4v) is 3.72. The summed E-state index contributed by atoms with van der Waals surface area (Å²) in [5, 5.41) is 2.62. The lowest BCUT2D eigenvalue weighted by molar-refractivity contribution is -0.124. The summed E-state index contributed by atoms with van der Waals surface area (Å²) in [6.07, 6.45) is -0.533. The van der Waals surface area contributed by atoms with Gasteiger partial charge in [0.1, 0.15) is 5.78 Å². The van der Waals surface area contributed by atoms with E-state index in [0.29, 0.717) is 11.3 Å². The van der Waals surface area contributed by atoms with E-state index in [2.05, 4.69) is 9.71 Å². The second-order valence-electron chi connectivity index (χ2n) is 5.32. The molecule has 1 aliphatic heterocycles. The minimum Gasteiger partial charge on any atom is -0.326 e. The Morgan fingerprint density at radius 1 is 0.958 bits per heavy atom. The number of nitrogens with zero attached hydrogens (tertiary/aromatic N) is 1. The summed E-state index contributed by atoms with van der Waals surface area (Å²) < 4.78 is 27.5. The third-order valence-electron chi connectivity index (χ3n) is 3.49. The van der Waals surface area contributed by atoms with Gasteiger partial charge in [0.15, 0.2) is 0 Å². The molecule has 0 bridgehead atoms. The van der Waals surface area contributed by atoms with Gasteiger partial charge in [0, 0.05) is 11.3 Å². The number of anilines is 1. The van der Waals surface area contributed by atoms with Gasteiger partial charge in [-0.05, 0) is 18.2 Å². The van der Waals surface area contributed by atoms with Crippen LogP contribution < -0.4 is 5.32 Å². The Bertz CT molecular complexity index is 934. The van der Waals surface area contributed by atoms with E-state index in [1.54, 1.807) is 42.5 Å². The number of para-hydroxylation sites is 1. The van der Waals surface area contributed by atoms with Gasteiger partial charge in [-0.3, -0.25) is 9.59 Å². The van der Waals surface area contributed by atoms with Crippen molar-refractivity contribution in [1.29, 1.82) is 0 Å². The number of hydrogen-bond acceptors (Lipinski definition) is 4. The zero-order valence-electron chi connectivity index (χ0n) is 12.6. The first-order valence-electron chi connectivity index (χ1n) is 7.25. The molecule has 2 aromatic carbocycles. The quantitative estimate of drug-likeness (QED) is 0.843. The van der Waals surface area contributed by atoms with Gasteiger partial charge >= 0.3 is 0 Å². The Morgan fingerprint density at radius 2 is 1.62 bits per heavy atom. The SMILES string of the molecule is O=C(CC(=O)Nc1ccccc1)CC1=NS(=O)(=O)c2ccccc21. The number of sulfonamides is 1. The highest BCUT2D eigenvalue weighted by molar-refractivity contribution is 7.90. The van der Waals surface area contributed by atoms with Gasteiger partial charge in [0.25, 0.3) is 10.0 Å². The van der Waals surface area contributed by atoms with Crippen LogP contribution in [-0.2, 0) is 19.6 Å². The van der Waals surface area contributed by atoms with E-state index >= 15 is 0 Å². The Labute approximate surface area is 139 Å². The molecule has 24 heavy (non-hydrogen) atoms. The molecule has 0 aliphatic carbocycles. The molecule has 3 rings (SSSR count). The molecule has 1 N–H and O–H groups in total. The molecule has 1 amide bonds. The number of nitrogens with one attached hydrogen (secondary N) is 1. The van der Waals surface area contributed by atoms with Crippen molar-refractivity contribution in [3.8, 4) is 0 Å². The highest BCUT2D eigenvalue weighted by Gasteiger charge is 2.29. The van der Waals surface area contributed by atoms with Crippen molar-refractivity contribution in [2.45, 2.75) is 17.7 Å². The Morgan fingerprint density at radius 3 is 2.38 bits per heavy atom. The van der Waals surface area contributed by atoms with Crippen molar-refractivity contribution in [3.05, 3.63) is 60.2 Å². The number of carbonyl (C=O) groups is 2. The van der Waals surface area contributed by atoms with Gasteiger partial charge in [0.2, 0.25) is 5.91 Å². The van der Waals surface area contributed by atoms with Crippen molar-refractivity contribution >= 4 is 33.1 Å². The summed E-state index contributed by atoms with van der Waals surface area (Å²) in [5.41, 5.74) is 1.21. The highest BCUT2D eigenvalue weighted by Crippen LogP contribution is 2.27. The van der Waals surface area contributed by atoms with Crippen LogP contribution in [0.4, 0.5) is 5.69 Å². The third kappa shape index (κ3) is 3.41. The van der Waals surface area contributed by atoms with Crippen LogP contribution in [-0.4, -0.2) is 25.8 Å². The normalized spacial score (nSPS) is 14.6. The van der Waals surface area contributed by atoms with Crippen LogP contribution in [0.15, 0.2) is 63.9 Å². The molecule has 2 aromatic rings. The predicted octanol–water partition coefficient (Wildman–Crippen LogP) is 2.17. The predicted molar refractivity (Wildman–Crippen MR) is 89.5 cm³/mol. The van der Waals surface area contributed by atoms with Crippen molar-refractivity contribution in [3.63, 3.8) is 0 Å². The second-order valence-corrected chi connectivity index (χ2v) is 6.89. The number of benzene rings is 2. The molecule has 1 heterocycles. The first-order valence-corrected chi connectivity index (χ1v) is 8.69. The fraction of sp³-hybridized carbons (Fsp3) is 0.118. The summed E-state index contributed by atoms with van der Waals surface area (Å²) in [6, 6.07) is 15.1. The highest BCUT2D eigenvalue weighted by atomic mass is 32.2. The number of amides is 1. The summed E-state index contributed by atoms with van der Waals surface area (Å²) >= 11 is 0. The van der Waals surface area contributed by atoms with Gasteiger partial charge in [-0.2, -0.15) is 12.8 Å². The van der Waals surface area contributed by atoms with Gasteiger partial charge in [0.05, 0.1) is 23.4 Å². The van der Waals surface area contributed by atoms with Gasteiger partial charge in [-0.1, -0.05) is 36.4 Å². The Hall–Kier alpha value is -2.80. The molecule has 0 radical (unpaired) electrons. The zero-order chi connectivity index (χ0) is 17.2. The van der Waals surface area contributed by atoms with Crippen LogP contribution in [0, 0.1) is 0 Å². The smallest absolute Gasteiger partial charge is 0.283 e. The van der Waals surface area contributed by atoms with Crippen molar-refractivity contribution in [1.82, 2.24) is 0 Å². The fourth-order valence-electron chi connectivity index (χ4n) is 2.46. The largest absolute Gasteiger partial charge is 0.326 e. The van der Waals surface area contributed by atoms with Crippen LogP contribution in [0.1, 0.15) is 18.4 Å². The molecule has 6 nitrogen and oxygen atoms in total. The topological polar surface area (TPSA) is 92.7 Å². The molecule has 0 atom stereocenters. The van der Waals surface area contributed by atoms with Crippen LogP contribution in [0.2, 0.25) is 0 Å². The molecule has 0 unspecified atom stereocenters. The summed E-state index contributed by atoms with van der Waals surface area (Å²) in [5.74, 6) is -0.838. The Balaban J connectivity index is 1.67. The van der Waals surface area contributed by atoms with Crippen LogP contribution in [0.25, 0.3) is 0 Å². The van der Waals surface area contributed by atoms with E-state index in [4.69, 9.17) is 0 Å². The minimum absolute atomic E-state index is 0.0986. The van der Waals surface area contributed by atoms with Crippen molar-refractivity contribution < 1.29 is 18.0 Å². The molecular weight excluding hydrogens is 328 g/mol. The minimum atomic E-state index is -3.74. The zero-order valence-corrected chi connectivity index (χ0v) is 13.4. The van der Waals surface area contributed by atoms with E-state index < -0.39 is 21.7 Å². The second kappa shape index (κ2) is 6.37. The average molecular weight is 342 g/mol. The number of fused-ring (bicyclic) bond motifs is 1. The molecule has 0 saturated heterocycles. The monoisotopic (exact) mass is 342 g/mol. The molecule has 0 aromatic heterocycles. The van der Waals surface area contributed by atoms with E-state index in [1.165, 1.54) is 6.07 Å². The van der Waals surface area contributed by atoms with Crippen molar-refractivity contribution in [2.24, 2.45) is 4.40 Å². The molecular formula is C17H14N2O4S. The molecule has 0 fully saturated rings. The maximum absolute atomic E-state index is 12.1. The van der Waals surface area contributed by atoms with Gasteiger partial charge in [-0.25, -0.2) is 0 Å². The summed E-state index contributed by atoms with van der Waals surface area (Å²) in [7, 11) is -3.74. The number of Topliss-reactive ketones (excluding diaryl/α,β-unsaturated/α-hetero) is 1. The molecule has 1 aliphatic rings. The lowest BCUT2D eigenvalue weighted by Crippen LogP contribution is -2.18. The summed E-state index contributed by atoms with van der Waals surface area (Å²) in [6.45, 7) is 0. The van der Waals surface area contributed by atoms with E-state index in [9.17, 15) is 18.0 Å². The van der Waals surface area contributed by atoms with E-state index in [1.807, 2.05) is 6.07 Å². The summed E-state index contributed by atoms with van der Waals surface area (Å²) in [4.78, 5) is 24.1. The number of carbonyl (C=O) groups excluding carboxylic acids is 2. The maximum Gasteiger partial charge on any atom is 0.283 e. The molecule has 0 spiro atoms. The lowest BCUT2D eigenvalue weighted by Gasteiger charge is -2.05. The lowest BCUT2D eigenvalue weighted by atomic mass is 10.0. The number of hydrogen-bond donors (Lipinski definition) is 1. The average Bonchev–Trinajstić information content (AvgIpc) is 2.79. The van der Waals surface area contributed by atoms with Gasteiger partial charge in [-0.15, -0.1) is 0 Å². The van der Waals surface area contributed by atoms with Crippen LogP contribution >= 0.6 is 0 Å². The number of rotatable bonds is 5. The maximum atomic E-state index is 12.1. The Kier molecular flexibility index (Phi) is 4.26. The van der Waals surface area contributed by atoms with Gasteiger partial charge < -0.3 is 5.32 Å². The first-order chi connectivity index (χ1) is 11.5. The molecule has 7 heteroatoms. The standard InChI is InChI=1S/C17H14N2O4S/c20-13(11-17(21)18-12-6-2-1-3-7-12)10-15-14-8-4-5-9-16(14)24(22,23)19-15/h1-9H,10-11H2,(H,18,21). The van der Waals surface area contributed by atoms with E-state index in [0.717, 1.165) is 0 Å². The first kappa shape index (κ1) is 16.1. The van der Waals surface area contributed by atoms with E-state index in [-0.39, 0.29) is 23.4 Å². The molecule has 0 saturated carbocycles.